The fourth-order valence-corrected chi connectivity index (χ4v) is 1.84. The highest BCUT2D eigenvalue weighted by Crippen LogP contribution is 2.36. The molecule has 0 spiro atoms. The SMILES string of the molecule is Cc1ccc(F)c2c1OC(C)(C)CC2=O. The standard InChI is InChI=1S/C12H13FO2/c1-7-4-5-8(13)10-9(14)6-12(2,3)15-11(7)10/h4-5H,6H2,1-3H3. The summed E-state index contributed by atoms with van der Waals surface area (Å²) in [5.41, 5.74) is 0.365. The quantitative estimate of drug-likeness (QED) is 0.655. The lowest BCUT2D eigenvalue weighted by molar-refractivity contribution is 0.0606. The molecule has 15 heavy (non-hydrogen) atoms. The Balaban J connectivity index is 2.64. The van der Waals surface area contributed by atoms with Crippen LogP contribution in [0.25, 0.3) is 0 Å². The van der Waals surface area contributed by atoms with Crippen LogP contribution >= 0.6 is 0 Å². The number of aryl methyl sites for hydroxylation is 1. The Bertz CT molecular complexity index is 435. The van der Waals surface area contributed by atoms with E-state index in [1.54, 1.807) is 6.07 Å². The van der Waals surface area contributed by atoms with Gasteiger partial charge in [-0.1, -0.05) is 6.07 Å². The number of Topliss-reactive ketones (excluding diaryl/α,β-unsaturated/α-hetero) is 1. The second kappa shape index (κ2) is 3.05. The molecule has 1 aromatic carbocycles. The van der Waals surface area contributed by atoms with E-state index in [4.69, 9.17) is 4.74 Å². The van der Waals surface area contributed by atoms with Crippen molar-refractivity contribution < 1.29 is 13.9 Å². The van der Waals surface area contributed by atoms with E-state index in [2.05, 4.69) is 0 Å². The van der Waals surface area contributed by atoms with Gasteiger partial charge in [-0.2, -0.15) is 0 Å². The monoisotopic (exact) mass is 208 g/mol. The van der Waals surface area contributed by atoms with Crippen molar-refractivity contribution in [2.24, 2.45) is 0 Å². The summed E-state index contributed by atoms with van der Waals surface area (Å²) in [6.45, 7) is 5.48. The summed E-state index contributed by atoms with van der Waals surface area (Å²) in [5, 5.41) is 0. The molecule has 1 heterocycles. The molecule has 80 valence electrons. The summed E-state index contributed by atoms with van der Waals surface area (Å²) in [7, 11) is 0. The fourth-order valence-electron chi connectivity index (χ4n) is 1.84. The van der Waals surface area contributed by atoms with Gasteiger partial charge in [-0.3, -0.25) is 4.79 Å². The van der Waals surface area contributed by atoms with E-state index in [9.17, 15) is 9.18 Å². The molecule has 0 radical (unpaired) electrons. The summed E-state index contributed by atoms with van der Waals surface area (Å²) in [5.74, 6) is -0.269. The fraction of sp³-hybridized carbons (Fsp3) is 0.417. The van der Waals surface area contributed by atoms with Crippen LogP contribution < -0.4 is 4.74 Å². The Kier molecular flexibility index (Phi) is 2.07. The summed E-state index contributed by atoms with van der Waals surface area (Å²) >= 11 is 0. The second-order valence-electron chi connectivity index (χ2n) is 4.53. The number of carbonyl (C=O) groups excluding carboxylic acids is 1. The first-order chi connectivity index (χ1) is 6.91. The minimum Gasteiger partial charge on any atom is -0.486 e. The van der Waals surface area contributed by atoms with Crippen molar-refractivity contribution >= 4 is 5.78 Å². The topological polar surface area (TPSA) is 26.3 Å². The van der Waals surface area contributed by atoms with Gasteiger partial charge in [0, 0.05) is 0 Å². The molecule has 0 unspecified atom stereocenters. The zero-order valence-electron chi connectivity index (χ0n) is 9.06. The van der Waals surface area contributed by atoms with Crippen LogP contribution in [-0.4, -0.2) is 11.4 Å². The minimum absolute atomic E-state index is 0.106. The van der Waals surface area contributed by atoms with E-state index in [1.165, 1.54) is 6.07 Å². The average molecular weight is 208 g/mol. The Labute approximate surface area is 88.1 Å². The molecule has 0 N–H and O–H groups in total. The molecular weight excluding hydrogens is 195 g/mol. The van der Waals surface area contributed by atoms with Crippen molar-refractivity contribution in [2.45, 2.75) is 32.8 Å². The molecule has 0 bridgehead atoms. The molecule has 2 rings (SSSR count). The van der Waals surface area contributed by atoms with E-state index in [-0.39, 0.29) is 17.8 Å². The van der Waals surface area contributed by atoms with Gasteiger partial charge in [-0.25, -0.2) is 4.39 Å². The maximum atomic E-state index is 13.5. The van der Waals surface area contributed by atoms with Crippen molar-refractivity contribution in [1.29, 1.82) is 0 Å². The lowest BCUT2D eigenvalue weighted by atomic mass is 9.91. The van der Waals surface area contributed by atoms with Crippen molar-refractivity contribution in [3.05, 3.63) is 29.1 Å². The van der Waals surface area contributed by atoms with Crippen LogP contribution in [0.2, 0.25) is 0 Å². The molecule has 0 saturated heterocycles. The zero-order chi connectivity index (χ0) is 11.2. The van der Waals surface area contributed by atoms with E-state index in [0.29, 0.717) is 5.75 Å². The molecule has 0 aromatic heterocycles. The molecule has 0 atom stereocenters. The van der Waals surface area contributed by atoms with Crippen molar-refractivity contribution in [3.63, 3.8) is 0 Å². The third-order valence-corrected chi connectivity index (χ3v) is 2.55. The molecule has 1 aliphatic heterocycles. The summed E-state index contributed by atoms with van der Waals surface area (Å²) in [4.78, 5) is 11.8. The number of halogens is 1. The van der Waals surface area contributed by atoms with Gasteiger partial charge in [0.15, 0.2) is 5.78 Å². The van der Waals surface area contributed by atoms with Crippen molar-refractivity contribution in [1.82, 2.24) is 0 Å². The predicted molar refractivity (Wildman–Crippen MR) is 54.8 cm³/mol. The van der Waals surface area contributed by atoms with Crippen LogP contribution in [0.3, 0.4) is 0 Å². The maximum Gasteiger partial charge on any atom is 0.173 e. The molecule has 2 nitrogen and oxygen atoms in total. The summed E-state index contributed by atoms with van der Waals surface area (Å²) in [6.07, 6.45) is 0.223. The Morgan fingerprint density at radius 2 is 2.07 bits per heavy atom. The van der Waals surface area contributed by atoms with Gasteiger partial charge in [-0.15, -0.1) is 0 Å². The van der Waals surface area contributed by atoms with E-state index < -0.39 is 11.4 Å². The smallest absolute Gasteiger partial charge is 0.173 e. The van der Waals surface area contributed by atoms with Crippen LogP contribution in [0.1, 0.15) is 36.2 Å². The number of fused-ring (bicyclic) bond motifs is 1. The van der Waals surface area contributed by atoms with Gasteiger partial charge in [0.05, 0.1) is 12.0 Å². The van der Waals surface area contributed by atoms with Gasteiger partial charge >= 0.3 is 0 Å². The highest BCUT2D eigenvalue weighted by atomic mass is 19.1. The minimum atomic E-state index is -0.539. The predicted octanol–water partition coefficient (Wildman–Crippen LogP) is 2.88. The third kappa shape index (κ3) is 1.62. The molecule has 0 fully saturated rings. The van der Waals surface area contributed by atoms with Crippen LogP contribution in [-0.2, 0) is 0 Å². The second-order valence-corrected chi connectivity index (χ2v) is 4.53. The number of benzene rings is 1. The molecular formula is C12H13FO2. The first-order valence-corrected chi connectivity index (χ1v) is 4.92. The molecule has 1 aliphatic rings. The van der Waals surface area contributed by atoms with Gasteiger partial charge in [0.25, 0.3) is 0 Å². The highest BCUT2D eigenvalue weighted by Gasteiger charge is 2.35. The number of rotatable bonds is 0. The lowest BCUT2D eigenvalue weighted by Gasteiger charge is -2.32. The molecule has 0 saturated carbocycles. The normalized spacial score (nSPS) is 18.3. The number of hydrogen-bond donors (Lipinski definition) is 0. The number of hydrogen-bond acceptors (Lipinski definition) is 2. The first-order valence-electron chi connectivity index (χ1n) is 4.92. The third-order valence-electron chi connectivity index (χ3n) is 2.55. The van der Waals surface area contributed by atoms with Crippen LogP contribution in [0, 0.1) is 12.7 Å². The largest absolute Gasteiger partial charge is 0.486 e. The maximum absolute atomic E-state index is 13.5. The molecule has 1 aromatic rings. The lowest BCUT2D eigenvalue weighted by Crippen LogP contribution is -2.36. The Morgan fingerprint density at radius 1 is 1.40 bits per heavy atom. The number of ether oxygens (including phenoxy) is 1. The van der Waals surface area contributed by atoms with Crippen LogP contribution in [0.5, 0.6) is 5.75 Å². The van der Waals surface area contributed by atoms with Crippen molar-refractivity contribution in [2.75, 3.05) is 0 Å². The summed E-state index contributed by atoms with van der Waals surface area (Å²) < 4.78 is 19.1. The van der Waals surface area contributed by atoms with Gasteiger partial charge < -0.3 is 4.74 Å². The van der Waals surface area contributed by atoms with E-state index in [1.807, 2.05) is 20.8 Å². The molecule has 3 heteroatoms. The van der Waals surface area contributed by atoms with Crippen LogP contribution in [0.15, 0.2) is 12.1 Å². The van der Waals surface area contributed by atoms with E-state index in [0.717, 1.165) is 5.56 Å². The van der Waals surface area contributed by atoms with Gasteiger partial charge in [0.1, 0.15) is 17.2 Å². The van der Waals surface area contributed by atoms with Gasteiger partial charge in [-0.05, 0) is 32.4 Å². The zero-order valence-corrected chi connectivity index (χ0v) is 9.06. The summed E-state index contributed by atoms with van der Waals surface area (Å²) in [6, 6.07) is 2.94. The number of carbonyl (C=O) groups is 1. The molecule has 0 amide bonds. The number of ketones is 1. The Hall–Kier alpha value is -1.38. The van der Waals surface area contributed by atoms with Crippen molar-refractivity contribution in [3.8, 4) is 5.75 Å². The first kappa shape index (κ1) is 10.1. The van der Waals surface area contributed by atoms with Crippen LogP contribution in [0.4, 0.5) is 4.39 Å². The average Bonchev–Trinajstić information content (AvgIpc) is 2.09. The molecule has 0 aliphatic carbocycles. The van der Waals surface area contributed by atoms with E-state index >= 15 is 0 Å². The highest BCUT2D eigenvalue weighted by molar-refractivity contribution is 6.00. The Morgan fingerprint density at radius 3 is 2.73 bits per heavy atom. The van der Waals surface area contributed by atoms with Gasteiger partial charge in [0.2, 0.25) is 0 Å².